The van der Waals surface area contributed by atoms with Gasteiger partial charge >= 0.3 is 0 Å². The van der Waals surface area contributed by atoms with E-state index in [9.17, 15) is 22.4 Å². The van der Waals surface area contributed by atoms with Crippen LogP contribution in [0.1, 0.15) is 0 Å². The van der Waals surface area contributed by atoms with Crippen molar-refractivity contribution in [1.29, 1.82) is 0 Å². The van der Waals surface area contributed by atoms with Gasteiger partial charge in [0.25, 0.3) is 0 Å². The lowest BCUT2D eigenvalue weighted by Crippen LogP contribution is -2.36. The van der Waals surface area contributed by atoms with E-state index >= 15 is 0 Å². The van der Waals surface area contributed by atoms with Crippen molar-refractivity contribution in [2.24, 2.45) is 7.05 Å². The fraction of sp³-hybridized carbons (Fsp3) is 0.273. The van der Waals surface area contributed by atoms with Gasteiger partial charge in [0.2, 0.25) is 24.0 Å². The Morgan fingerprint density at radius 3 is 2.38 bits per heavy atom. The molecule has 0 saturated heterocycles. The number of rotatable bonds is 2. The van der Waals surface area contributed by atoms with Gasteiger partial charge in [-0.25, -0.2) is 8.42 Å². The first-order valence-electron chi connectivity index (χ1n) is 5.62. The summed E-state index contributed by atoms with van der Waals surface area (Å²) in [5, 5.41) is 5.43. The summed E-state index contributed by atoms with van der Waals surface area (Å²) in [4.78, 5) is 9.63. The summed E-state index contributed by atoms with van der Waals surface area (Å²) in [7, 11) is -5.11. The Balaban J connectivity index is 0.000000315. The molecule has 1 aromatic heterocycles. The first-order chi connectivity index (χ1) is 9.54. The molecule has 1 atom stereocenters. The number of nitrogens with zero attached hydrogens (tertiary/aromatic N) is 2. The van der Waals surface area contributed by atoms with Crippen molar-refractivity contribution < 1.29 is 31.3 Å². The van der Waals surface area contributed by atoms with Crippen LogP contribution in [0, 0.1) is 0 Å². The molecule has 0 radical (unpaired) electrons. The first kappa shape index (κ1) is 17.7. The number of aryl methyl sites for hydroxylation is 1. The van der Waals surface area contributed by atoms with E-state index in [4.69, 9.17) is 0 Å². The molecule has 0 fully saturated rings. The highest BCUT2D eigenvalue weighted by molar-refractivity contribution is 7.80. The highest BCUT2D eigenvalue weighted by atomic mass is 32.3. The van der Waals surface area contributed by atoms with E-state index < -0.39 is 17.8 Å². The van der Waals surface area contributed by atoms with E-state index in [-0.39, 0.29) is 0 Å². The van der Waals surface area contributed by atoms with E-state index in [1.807, 2.05) is 24.3 Å². The smallest absolute Gasteiger partial charge is 0.233 e. The van der Waals surface area contributed by atoms with Gasteiger partial charge in [-0.15, -0.1) is 0 Å². The van der Waals surface area contributed by atoms with E-state index in [1.165, 1.54) is 6.66 Å². The summed E-state index contributed by atoms with van der Waals surface area (Å²) < 4.78 is 44.3. The van der Waals surface area contributed by atoms with Crippen LogP contribution in [-0.2, 0) is 26.2 Å². The summed E-state index contributed by atoms with van der Waals surface area (Å²) in [6, 6.07) is 7.33. The summed E-state index contributed by atoms with van der Waals surface area (Å²) in [6.07, 6.45) is 1.60. The third kappa shape index (κ3) is 5.49. The van der Waals surface area contributed by atoms with Crippen LogP contribution in [0.3, 0.4) is 0 Å². The van der Waals surface area contributed by atoms with Gasteiger partial charge < -0.3 is 9.45 Å². The second kappa shape index (κ2) is 6.59. The Kier molecular flexibility index (Phi) is 5.54. The van der Waals surface area contributed by atoms with Crippen LogP contribution < -0.4 is 9.99 Å². The molecular weight excluding hydrogens is 319 g/mol. The van der Waals surface area contributed by atoms with Crippen molar-refractivity contribution in [3.63, 3.8) is 0 Å². The van der Waals surface area contributed by atoms with Crippen molar-refractivity contribution in [3.8, 4) is 0 Å². The molecule has 0 spiro atoms. The minimum absolute atomic E-state index is 0.454. The monoisotopic (exact) mass is 334 g/mol. The Labute approximate surface area is 122 Å². The third-order valence-electron chi connectivity index (χ3n) is 2.41. The quantitative estimate of drug-likeness (QED) is 0.346. The molecule has 2 rings (SSSR count). The molecule has 0 aliphatic rings. The van der Waals surface area contributed by atoms with E-state index in [2.05, 4.69) is 9.28 Å². The molecule has 0 bridgehead atoms. The van der Waals surface area contributed by atoms with Gasteiger partial charge in [0, 0.05) is 12.1 Å². The molecule has 0 aliphatic heterocycles. The fourth-order valence-electron chi connectivity index (χ4n) is 1.55. The first-order valence-corrected chi connectivity index (χ1v) is 9.06. The number of hydrogen-bond acceptors (Lipinski definition) is 6. The van der Waals surface area contributed by atoms with Gasteiger partial charge in [0.15, 0.2) is 7.05 Å². The van der Waals surface area contributed by atoms with Gasteiger partial charge in [-0.05, 0) is 11.2 Å². The van der Waals surface area contributed by atoms with E-state index in [0.717, 1.165) is 18.0 Å². The van der Waals surface area contributed by atoms with Crippen LogP contribution in [-0.4, -0.2) is 36.7 Å². The normalized spacial score (nSPS) is 14.1. The lowest BCUT2D eigenvalue weighted by Gasteiger charge is -2.05. The molecule has 8 nitrogen and oxygen atoms in total. The SMILES string of the molecule is COS(=O)(=O)[O-].C[n+]1cc(P(C)(=O)O)c2ccccc2n1. The molecule has 0 amide bonds. The van der Waals surface area contributed by atoms with Crippen LogP contribution in [0.15, 0.2) is 30.5 Å². The number of aromatic nitrogens is 2. The third-order valence-corrected chi connectivity index (χ3v) is 4.06. The molecule has 2 aromatic rings. The second-order valence-corrected chi connectivity index (χ2v) is 7.55. The molecule has 1 heterocycles. The predicted octanol–water partition coefficient (Wildman–Crippen LogP) is -0.322. The number of fused-ring (bicyclic) bond motifs is 1. The van der Waals surface area contributed by atoms with Gasteiger partial charge in [0.05, 0.1) is 7.11 Å². The molecule has 116 valence electrons. The molecule has 1 N–H and O–H groups in total. The average Bonchev–Trinajstić information content (AvgIpc) is 2.36. The van der Waals surface area contributed by atoms with Crippen LogP contribution >= 0.6 is 7.37 Å². The Bertz CT molecular complexity index is 786. The fourth-order valence-corrected chi connectivity index (χ4v) is 2.57. The van der Waals surface area contributed by atoms with Crippen molar-refractivity contribution >= 4 is 34.0 Å². The van der Waals surface area contributed by atoms with Crippen molar-refractivity contribution in [1.82, 2.24) is 5.10 Å². The zero-order chi connectivity index (χ0) is 16.3. The zero-order valence-corrected chi connectivity index (χ0v) is 13.3. The highest BCUT2D eigenvalue weighted by Gasteiger charge is 2.21. The minimum Gasteiger partial charge on any atom is -0.726 e. The molecule has 1 unspecified atom stereocenters. The standard InChI is InChI=1S/C10H11N2O2P.CH4O4S/c1-12-7-10(15(2,13)14)8-5-3-4-6-9(8)11-12;1-5-6(2,3)4/h3-7H,1-2H3;1H3,(H,2,3,4). The minimum atomic E-state index is -4.41. The highest BCUT2D eigenvalue weighted by Crippen LogP contribution is 2.35. The molecule has 10 heteroatoms. The Morgan fingerprint density at radius 1 is 1.38 bits per heavy atom. The molecule has 1 aromatic carbocycles. The maximum Gasteiger partial charge on any atom is 0.233 e. The largest absolute Gasteiger partial charge is 0.726 e. The van der Waals surface area contributed by atoms with Crippen LogP contribution in [0.5, 0.6) is 0 Å². The summed E-state index contributed by atoms with van der Waals surface area (Å²) in [5.41, 5.74) is 0.730. The predicted molar refractivity (Wildman–Crippen MR) is 75.0 cm³/mol. The van der Waals surface area contributed by atoms with Crippen molar-refractivity contribution in [2.75, 3.05) is 13.8 Å². The maximum atomic E-state index is 11.7. The summed E-state index contributed by atoms with van der Waals surface area (Å²) in [6.45, 7) is 1.34. The van der Waals surface area contributed by atoms with Crippen molar-refractivity contribution in [3.05, 3.63) is 30.5 Å². The molecule has 0 aliphatic carbocycles. The van der Waals surface area contributed by atoms with Gasteiger partial charge in [-0.2, -0.15) is 0 Å². The second-order valence-electron chi connectivity index (χ2n) is 4.16. The van der Waals surface area contributed by atoms with Gasteiger partial charge in [-0.1, -0.05) is 22.9 Å². The lowest BCUT2D eigenvalue weighted by atomic mass is 10.2. The maximum absolute atomic E-state index is 11.7. The summed E-state index contributed by atoms with van der Waals surface area (Å²) >= 11 is 0. The van der Waals surface area contributed by atoms with E-state index in [0.29, 0.717) is 5.30 Å². The lowest BCUT2D eigenvalue weighted by molar-refractivity contribution is -0.727. The Morgan fingerprint density at radius 2 is 1.90 bits per heavy atom. The molecule has 21 heavy (non-hydrogen) atoms. The van der Waals surface area contributed by atoms with Gasteiger partial charge in [0.1, 0.15) is 10.8 Å². The van der Waals surface area contributed by atoms with Crippen molar-refractivity contribution in [2.45, 2.75) is 0 Å². The Hall–Kier alpha value is -1.38. The van der Waals surface area contributed by atoms with Crippen LogP contribution in [0.2, 0.25) is 0 Å². The van der Waals surface area contributed by atoms with Gasteiger partial charge in [-0.3, -0.25) is 8.75 Å². The number of benzene rings is 1. The summed E-state index contributed by atoms with van der Waals surface area (Å²) in [5.74, 6) is 0. The van der Waals surface area contributed by atoms with Crippen LogP contribution in [0.4, 0.5) is 0 Å². The molecule has 0 saturated carbocycles. The van der Waals surface area contributed by atoms with E-state index in [1.54, 1.807) is 17.9 Å². The van der Waals surface area contributed by atoms with Crippen LogP contribution in [0.25, 0.3) is 10.9 Å². The number of hydrogen-bond donors (Lipinski definition) is 1. The zero-order valence-electron chi connectivity index (χ0n) is 11.6. The molecular formula is C11H15N2O6PS. The topological polar surface area (TPSA) is 120 Å². The average molecular weight is 334 g/mol.